The van der Waals surface area contributed by atoms with Crippen molar-refractivity contribution >= 4 is 57.4 Å². The molecular weight excluding hydrogens is 822 g/mol. The maximum absolute atomic E-state index is 17.5. The molecule has 0 aromatic heterocycles. The van der Waals surface area contributed by atoms with Crippen molar-refractivity contribution in [2.45, 2.75) is 80.9 Å². The second kappa shape index (κ2) is 22.4. The third kappa shape index (κ3) is 14.7. The highest BCUT2D eigenvalue weighted by Gasteiger charge is 2.56. The summed E-state index contributed by atoms with van der Waals surface area (Å²) in [6.45, 7) is 10.4. The van der Waals surface area contributed by atoms with E-state index in [1.807, 2.05) is 41.5 Å². The number of thiol groups is 1. The zero-order chi connectivity index (χ0) is 46.4. The van der Waals surface area contributed by atoms with Crippen molar-refractivity contribution in [2.75, 3.05) is 91.3 Å². The molecular formula is C40H66FN7O12S. The van der Waals surface area contributed by atoms with E-state index in [1.54, 1.807) is 33.1 Å². The van der Waals surface area contributed by atoms with Crippen LogP contribution in [0, 0.1) is 0 Å². The molecule has 1 unspecified atom stereocenters. The van der Waals surface area contributed by atoms with Crippen LogP contribution in [0.25, 0.3) is 0 Å². The van der Waals surface area contributed by atoms with Gasteiger partial charge in [-0.3, -0.25) is 53.2 Å². The molecule has 0 saturated carbocycles. The molecule has 0 aliphatic carbocycles. The fourth-order valence-electron chi connectivity index (χ4n) is 7.39. The number of halogens is 1. The Balaban J connectivity index is 2.29. The molecule has 1 fully saturated rings. The van der Waals surface area contributed by atoms with Crippen LogP contribution in [-0.4, -0.2) is 201 Å². The molecule has 2 rings (SSSR count). The van der Waals surface area contributed by atoms with Crippen molar-refractivity contribution in [2.24, 2.45) is 0 Å². The summed E-state index contributed by atoms with van der Waals surface area (Å²) >= 11 is 0. The number of carboxylic acids is 4. The van der Waals surface area contributed by atoms with Crippen LogP contribution in [0.5, 0.6) is 0 Å². The Morgan fingerprint density at radius 3 is 1.64 bits per heavy atom. The molecule has 2 atom stereocenters. The third-order valence-electron chi connectivity index (χ3n) is 11.8. The standard InChI is InChI=1S/C40H66FN7O12S/c1-39(2,3)61(7,41,40(4,5)6)29-10-8-28(9-11-29)36(57)42-24-30(37(58)43-25-33(51)52)44-32(50)13-12-31(38(59)60)48-20-18-46(26-34(53)54)16-14-45(22-23-49)15-17-47(19-21-48)27-35(55)56/h8-11,23,30-31,61H,12-22,24-27H2,1-7H3,(H,42,57)(H,43,58)(H,44,50)(H,51,52)(H,53,54)(H,55,56)(H,59,60)/t30-,31?/m1/s1. The molecule has 1 heterocycles. The van der Waals surface area contributed by atoms with Gasteiger partial charge < -0.3 is 41.2 Å². The van der Waals surface area contributed by atoms with Crippen molar-refractivity contribution < 1.29 is 62.7 Å². The first-order valence-corrected chi connectivity index (χ1v) is 22.7. The molecule has 1 aliphatic heterocycles. The number of aldehydes is 1. The van der Waals surface area contributed by atoms with Crippen LogP contribution in [0.4, 0.5) is 3.89 Å². The molecule has 1 aliphatic rings. The molecule has 21 heteroatoms. The molecule has 61 heavy (non-hydrogen) atoms. The minimum atomic E-state index is -4.13. The van der Waals surface area contributed by atoms with Gasteiger partial charge in [-0.25, -0.2) is 3.89 Å². The van der Waals surface area contributed by atoms with Crippen LogP contribution in [0.3, 0.4) is 0 Å². The van der Waals surface area contributed by atoms with Gasteiger partial charge in [-0.05, 0) is 41.8 Å². The van der Waals surface area contributed by atoms with Gasteiger partial charge in [0, 0.05) is 80.4 Å². The summed E-state index contributed by atoms with van der Waals surface area (Å²) in [5.41, 5.74) is 0.138. The maximum atomic E-state index is 17.5. The Morgan fingerprint density at radius 1 is 0.738 bits per heavy atom. The normalized spacial score (nSPS) is 17.5. The highest BCUT2D eigenvalue weighted by atomic mass is 32.3. The van der Waals surface area contributed by atoms with Crippen LogP contribution < -0.4 is 16.0 Å². The number of carbonyl (C=O) groups excluding carboxylic acids is 4. The van der Waals surface area contributed by atoms with E-state index in [1.165, 1.54) is 17.0 Å². The fourth-order valence-corrected chi connectivity index (χ4v) is 11.8. The van der Waals surface area contributed by atoms with Crippen LogP contribution in [0.15, 0.2) is 29.2 Å². The van der Waals surface area contributed by atoms with Gasteiger partial charge in [-0.15, -0.1) is 9.55 Å². The average Bonchev–Trinajstić information content (AvgIpc) is 3.14. The molecule has 3 amide bonds. The van der Waals surface area contributed by atoms with Crippen molar-refractivity contribution in [3.05, 3.63) is 29.8 Å². The number of rotatable bonds is 19. The first-order valence-electron chi connectivity index (χ1n) is 20.1. The fraction of sp³-hybridized carbons (Fsp3) is 0.650. The lowest BCUT2D eigenvalue weighted by Crippen LogP contribution is -2.54. The molecule has 346 valence electrons. The SMILES string of the molecule is CC(C)(C)[SH](C)(F)(c1ccc(C(=O)NC[C@@H](NC(=O)CCC(C(=O)O)N2CCN(CC(=O)O)CCN(CC=O)CCN(CC(=O)O)CC2)C(=O)NCC(=O)O)cc1)C(C)(C)C. The number of carboxylic acid groups (broad SMARTS) is 4. The van der Waals surface area contributed by atoms with Crippen LogP contribution in [-0.2, 0) is 33.6 Å². The summed E-state index contributed by atoms with van der Waals surface area (Å²) in [5, 5.41) is 45.7. The highest BCUT2D eigenvalue weighted by Crippen LogP contribution is 2.88. The lowest BCUT2D eigenvalue weighted by molar-refractivity contribution is -0.145. The minimum absolute atomic E-state index is 0.0209. The molecule has 1 aromatic rings. The van der Waals surface area contributed by atoms with Crippen molar-refractivity contribution in [1.82, 2.24) is 35.6 Å². The van der Waals surface area contributed by atoms with E-state index in [0.29, 0.717) is 24.3 Å². The summed E-state index contributed by atoms with van der Waals surface area (Å²) in [6, 6.07) is 3.30. The molecule has 1 saturated heterocycles. The number of benzene rings is 1. The van der Waals surface area contributed by atoms with Crippen LogP contribution in [0.1, 0.15) is 64.7 Å². The number of amides is 3. The second-order valence-corrected chi connectivity index (χ2v) is 23.6. The molecule has 1 aromatic carbocycles. The Labute approximate surface area is 356 Å². The number of nitrogens with zero attached hydrogens (tertiary/aromatic N) is 4. The van der Waals surface area contributed by atoms with Gasteiger partial charge >= 0.3 is 23.9 Å². The summed E-state index contributed by atoms with van der Waals surface area (Å²) in [5.74, 6) is -7.32. The third-order valence-corrected chi connectivity index (χ3v) is 19.7. The molecule has 0 bridgehead atoms. The summed E-state index contributed by atoms with van der Waals surface area (Å²) in [4.78, 5) is 105. The first-order chi connectivity index (χ1) is 28.2. The zero-order valence-corrected chi connectivity index (χ0v) is 37.2. The van der Waals surface area contributed by atoms with Crippen LogP contribution >= 0.6 is 9.55 Å². The van der Waals surface area contributed by atoms with Gasteiger partial charge in [-0.2, -0.15) is 0 Å². The van der Waals surface area contributed by atoms with E-state index in [0.717, 1.165) is 0 Å². The maximum Gasteiger partial charge on any atom is 0.322 e. The summed E-state index contributed by atoms with van der Waals surface area (Å²) < 4.78 is 16.0. The topological polar surface area (TPSA) is 267 Å². The number of hydrogen-bond donors (Lipinski definition) is 8. The second-order valence-electron chi connectivity index (χ2n) is 17.5. The predicted molar refractivity (Wildman–Crippen MR) is 228 cm³/mol. The van der Waals surface area contributed by atoms with E-state index < -0.39 is 92.2 Å². The van der Waals surface area contributed by atoms with Gasteiger partial charge in [0.05, 0.1) is 19.6 Å². The number of nitrogens with one attached hydrogen (secondary N) is 3. The van der Waals surface area contributed by atoms with Crippen molar-refractivity contribution in [3.8, 4) is 0 Å². The Kier molecular flexibility index (Phi) is 19.3. The van der Waals surface area contributed by atoms with E-state index in [-0.39, 0.29) is 70.9 Å². The zero-order valence-electron chi connectivity index (χ0n) is 36.3. The van der Waals surface area contributed by atoms with Gasteiger partial charge in [0.15, 0.2) is 0 Å². The van der Waals surface area contributed by atoms with Crippen molar-refractivity contribution in [1.29, 1.82) is 0 Å². The van der Waals surface area contributed by atoms with Gasteiger partial charge in [0.1, 0.15) is 24.9 Å². The highest BCUT2D eigenvalue weighted by molar-refractivity contribution is 8.47. The van der Waals surface area contributed by atoms with Crippen LogP contribution in [0.2, 0.25) is 0 Å². The Hall–Kier alpha value is -4.70. The van der Waals surface area contributed by atoms with E-state index in [2.05, 4.69) is 16.0 Å². The lowest BCUT2D eigenvalue weighted by Gasteiger charge is -2.68. The summed E-state index contributed by atoms with van der Waals surface area (Å²) in [7, 11) is -4.13. The predicted octanol–water partition coefficient (Wildman–Crippen LogP) is 0.468. The number of carbonyl (C=O) groups is 8. The Bertz CT molecular complexity index is 1690. The number of hydrogen-bond acceptors (Lipinski definition) is 12. The average molecular weight is 888 g/mol. The minimum Gasteiger partial charge on any atom is -0.480 e. The lowest BCUT2D eigenvalue weighted by atomic mass is 10.1. The monoisotopic (exact) mass is 887 g/mol. The smallest absolute Gasteiger partial charge is 0.322 e. The Morgan fingerprint density at radius 2 is 1.21 bits per heavy atom. The van der Waals surface area contributed by atoms with E-state index in [9.17, 15) is 53.7 Å². The van der Waals surface area contributed by atoms with Gasteiger partial charge in [-0.1, -0.05) is 41.5 Å². The number of aliphatic carboxylic acids is 4. The molecule has 0 radical (unpaired) electrons. The van der Waals surface area contributed by atoms with E-state index in [4.69, 9.17) is 5.11 Å². The molecule has 0 spiro atoms. The van der Waals surface area contributed by atoms with Gasteiger partial charge in [0.25, 0.3) is 5.91 Å². The molecule has 7 N–H and O–H groups in total. The largest absolute Gasteiger partial charge is 0.480 e. The van der Waals surface area contributed by atoms with Crippen molar-refractivity contribution in [3.63, 3.8) is 0 Å². The quantitative estimate of drug-likeness (QED) is 0.0693. The first kappa shape index (κ1) is 52.4. The van der Waals surface area contributed by atoms with E-state index >= 15 is 3.89 Å². The summed E-state index contributed by atoms with van der Waals surface area (Å²) in [6.07, 6.45) is 1.62. The van der Waals surface area contributed by atoms with Gasteiger partial charge in [0.2, 0.25) is 11.8 Å². The molecule has 19 nitrogen and oxygen atoms in total.